The molecule has 2 aliphatic rings. The Balaban J connectivity index is 1.53. The molecule has 0 spiro atoms. The molecule has 2 heterocycles. The van der Waals surface area contributed by atoms with E-state index in [1.165, 1.54) is 46.3 Å². The van der Waals surface area contributed by atoms with Gasteiger partial charge in [0, 0.05) is 19.2 Å². The van der Waals surface area contributed by atoms with Gasteiger partial charge < -0.3 is 14.8 Å². The van der Waals surface area contributed by atoms with E-state index < -0.39 is 10.0 Å². The first-order valence-corrected chi connectivity index (χ1v) is 11.9. The van der Waals surface area contributed by atoms with Gasteiger partial charge >= 0.3 is 0 Å². The highest BCUT2D eigenvalue weighted by molar-refractivity contribution is 7.89. The fourth-order valence-corrected chi connectivity index (χ4v) is 6.07. The minimum Gasteiger partial charge on any atom is -0.497 e. The summed E-state index contributed by atoms with van der Waals surface area (Å²) in [6.07, 6.45) is 8.31. The first kappa shape index (κ1) is 21.4. The second-order valence-electron chi connectivity index (χ2n) is 7.99. The maximum atomic E-state index is 13.1. The van der Waals surface area contributed by atoms with Gasteiger partial charge in [-0.2, -0.15) is 4.31 Å². The van der Waals surface area contributed by atoms with Crippen molar-refractivity contribution in [2.24, 2.45) is 11.8 Å². The molecule has 0 radical (unpaired) electrons. The van der Waals surface area contributed by atoms with Crippen LogP contribution in [-0.2, 0) is 10.0 Å². The Labute approximate surface area is 169 Å². The van der Waals surface area contributed by atoms with Gasteiger partial charge in [-0.3, -0.25) is 0 Å². The smallest absolute Gasteiger partial charge is 0.246 e. The van der Waals surface area contributed by atoms with Crippen molar-refractivity contribution < 1.29 is 17.9 Å². The third-order valence-electron chi connectivity index (χ3n) is 6.25. The van der Waals surface area contributed by atoms with Crippen molar-refractivity contribution in [1.29, 1.82) is 0 Å². The number of ether oxygens (including phenoxy) is 2. The number of sulfonamides is 1. The number of benzene rings is 1. The van der Waals surface area contributed by atoms with Crippen molar-refractivity contribution in [3.63, 3.8) is 0 Å². The highest BCUT2D eigenvalue weighted by atomic mass is 32.2. The quantitative estimate of drug-likeness (QED) is 0.712. The van der Waals surface area contributed by atoms with E-state index in [1.807, 2.05) is 0 Å². The maximum Gasteiger partial charge on any atom is 0.246 e. The topological polar surface area (TPSA) is 67.9 Å². The summed E-state index contributed by atoms with van der Waals surface area (Å²) in [4.78, 5) is 0.193. The molecule has 0 atom stereocenters. The molecule has 3 rings (SSSR count). The first-order chi connectivity index (χ1) is 13.5. The molecule has 7 heteroatoms. The summed E-state index contributed by atoms with van der Waals surface area (Å²) in [5, 5.41) is 3.42. The Kier molecular flexibility index (Phi) is 7.60. The van der Waals surface area contributed by atoms with Crippen LogP contribution in [0.5, 0.6) is 11.5 Å². The molecular weight excluding hydrogens is 376 g/mol. The van der Waals surface area contributed by atoms with Crippen LogP contribution in [0.15, 0.2) is 23.1 Å². The second kappa shape index (κ2) is 9.94. The summed E-state index contributed by atoms with van der Waals surface area (Å²) >= 11 is 0. The lowest BCUT2D eigenvalue weighted by atomic mass is 9.87. The number of nitrogens with one attached hydrogen (secondary N) is 1. The standard InChI is InChI=1S/C21H34N2O4S/c1-26-19-6-7-20(27-2)21(16-19)28(24,25)23-14-10-18(11-15-23)5-3-4-17-8-12-22-13-9-17/h6-7,16-18,22H,3-5,8-15H2,1-2H3. The van der Waals surface area contributed by atoms with Crippen molar-refractivity contribution in [3.05, 3.63) is 18.2 Å². The summed E-state index contributed by atoms with van der Waals surface area (Å²) in [5.41, 5.74) is 0. The van der Waals surface area contributed by atoms with Crippen LogP contribution in [0, 0.1) is 11.8 Å². The molecule has 2 fully saturated rings. The predicted molar refractivity (Wildman–Crippen MR) is 110 cm³/mol. The van der Waals surface area contributed by atoms with Crippen LogP contribution in [0.1, 0.15) is 44.9 Å². The summed E-state index contributed by atoms with van der Waals surface area (Å²) in [7, 11) is -0.546. The first-order valence-electron chi connectivity index (χ1n) is 10.5. The average Bonchev–Trinajstić information content (AvgIpc) is 2.74. The molecule has 0 bridgehead atoms. The van der Waals surface area contributed by atoms with Crippen molar-refractivity contribution >= 4 is 10.0 Å². The van der Waals surface area contributed by atoms with E-state index >= 15 is 0 Å². The lowest BCUT2D eigenvalue weighted by Crippen LogP contribution is -2.38. The van der Waals surface area contributed by atoms with Gasteiger partial charge in [0.05, 0.1) is 14.2 Å². The Morgan fingerprint density at radius 3 is 2.25 bits per heavy atom. The molecule has 0 aromatic heterocycles. The molecule has 0 amide bonds. The normalized spacial score (nSPS) is 20.2. The Morgan fingerprint density at radius 1 is 1.00 bits per heavy atom. The minimum absolute atomic E-state index is 0.193. The van der Waals surface area contributed by atoms with Gasteiger partial charge in [-0.05, 0) is 62.7 Å². The molecule has 28 heavy (non-hydrogen) atoms. The molecule has 2 aliphatic heterocycles. The van der Waals surface area contributed by atoms with E-state index in [0.717, 1.165) is 31.8 Å². The van der Waals surface area contributed by atoms with Crippen molar-refractivity contribution in [2.75, 3.05) is 40.4 Å². The minimum atomic E-state index is -3.58. The second-order valence-corrected chi connectivity index (χ2v) is 9.89. The SMILES string of the molecule is COc1ccc(OC)c(S(=O)(=O)N2CCC(CCCC3CCNCC3)CC2)c1. The molecule has 6 nitrogen and oxygen atoms in total. The van der Waals surface area contributed by atoms with Gasteiger partial charge in [0.15, 0.2) is 0 Å². The van der Waals surface area contributed by atoms with E-state index in [2.05, 4.69) is 5.32 Å². The lowest BCUT2D eigenvalue weighted by molar-refractivity contribution is 0.249. The summed E-state index contributed by atoms with van der Waals surface area (Å²) in [5.74, 6) is 2.40. The summed E-state index contributed by atoms with van der Waals surface area (Å²) < 4.78 is 38.4. The Morgan fingerprint density at radius 2 is 1.64 bits per heavy atom. The van der Waals surface area contributed by atoms with E-state index in [1.54, 1.807) is 22.5 Å². The molecule has 158 valence electrons. The van der Waals surface area contributed by atoms with Crippen LogP contribution in [0.4, 0.5) is 0 Å². The van der Waals surface area contributed by atoms with Crippen LogP contribution in [-0.4, -0.2) is 53.1 Å². The summed E-state index contributed by atoms with van der Waals surface area (Å²) in [6.45, 7) is 3.49. The van der Waals surface area contributed by atoms with Gasteiger partial charge in [0.25, 0.3) is 0 Å². The van der Waals surface area contributed by atoms with Crippen LogP contribution in [0.2, 0.25) is 0 Å². The number of nitrogens with zero attached hydrogens (tertiary/aromatic N) is 1. The fourth-order valence-electron chi connectivity index (χ4n) is 4.43. The van der Waals surface area contributed by atoms with E-state index in [4.69, 9.17) is 9.47 Å². The molecule has 2 saturated heterocycles. The average molecular weight is 411 g/mol. The third-order valence-corrected chi connectivity index (χ3v) is 8.17. The van der Waals surface area contributed by atoms with Gasteiger partial charge in [-0.15, -0.1) is 0 Å². The maximum absolute atomic E-state index is 13.1. The number of rotatable bonds is 8. The monoisotopic (exact) mass is 410 g/mol. The molecule has 1 aromatic carbocycles. The Hall–Kier alpha value is -1.31. The molecule has 0 saturated carbocycles. The largest absolute Gasteiger partial charge is 0.497 e. The zero-order valence-corrected chi connectivity index (χ0v) is 18.0. The summed E-state index contributed by atoms with van der Waals surface area (Å²) in [6, 6.07) is 4.92. The number of hydrogen-bond acceptors (Lipinski definition) is 5. The zero-order valence-electron chi connectivity index (χ0n) is 17.2. The van der Waals surface area contributed by atoms with E-state index in [9.17, 15) is 8.42 Å². The molecular formula is C21H34N2O4S. The Bertz CT molecular complexity index is 724. The predicted octanol–water partition coefficient (Wildman–Crippen LogP) is 3.27. The molecule has 0 unspecified atom stereocenters. The third kappa shape index (κ3) is 5.19. The van der Waals surface area contributed by atoms with Crippen LogP contribution in [0.3, 0.4) is 0 Å². The van der Waals surface area contributed by atoms with E-state index in [-0.39, 0.29) is 4.90 Å². The highest BCUT2D eigenvalue weighted by Gasteiger charge is 2.32. The van der Waals surface area contributed by atoms with Crippen LogP contribution in [0.25, 0.3) is 0 Å². The molecule has 1 N–H and O–H groups in total. The number of hydrogen-bond donors (Lipinski definition) is 1. The highest BCUT2D eigenvalue weighted by Crippen LogP contribution is 2.33. The van der Waals surface area contributed by atoms with Gasteiger partial charge in [-0.1, -0.05) is 19.3 Å². The van der Waals surface area contributed by atoms with Gasteiger partial charge in [0.1, 0.15) is 16.4 Å². The molecule has 0 aliphatic carbocycles. The van der Waals surface area contributed by atoms with E-state index in [0.29, 0.717) is 30.5 Å². The van der Waals surface area contributed by atoms with Gasteiger partial charge in [-0.25, -0.2) is 8.42 Å². The molecule has 1 aromatic rings. The number of piperidine rings is 2. The van der Waals surface area contributed by atoms with Crippen molar-refractivity contribution in [3.8, 4) is 11.5 Å². The van der Waals surface area contributed by atoms with Crippen LogP contribution < -0.4 is 14.8 Å². The fraction of sp³-hybridized carbons (Fsp3) is 0.714. The van der Waals surface area contributed by atoms with Crippen molar-refractivity contribution in [1.82, 2.24) is 9.62 Å². The van der Waals surface area contributed by atoms with Crippen molar-refractivity contribution in [2.45, 2.75) is 49.8 Å². The number of methoxy groups -OCH3 is 2. The van der Waals surface area contributed by atoms with Gasteiger partial charge in [0.2, 0.25) is 10.0 Å². The van der Waals surface area contributed by atoms with Crippen LogP contribution >= 0.6 is 0 Å². The zero-order chi connectivity index (χ0) is 20.0. The lowest BCUT2D eigenvalue weighted by Gasteiger charge is -2.32.